The van der Waals surface area contributed by atoms with Crippen molar-refractivity contribution in [1.82, 2.24) is 14.7 Å². The molecule has 0 radical (unpaired) electrons. The van der Waals surface area contributed by atoms with Gasteiger partial charge in [-0.05, 0) is 75.0 Å². The van der Waals surface area contributed by atoms with Crippen molar-refractivity contribution in [3.05, 3.63) is 71.3 Å². The van der Waals surface area contributed by atoms with Crippen molar-refractivity contribution in [1.29, 1.82) is 0 Å². The number of thioether (sulfide) groups is 1. The van der Waals surface area contributed by atoms with E-state index in [1.165, 1.54) is 11.8 Å². The molecule has 2 atom stereocenters. The number of rotatable bonds is 5. The Morgan fingerprint density at radius 2 is 1.80 bits per heavy atom. The minimum Gasteiger partial charge on any atom is -0.494 e. The molecule has 5 rings (SSSR count). The van der Waals surface area contributed by atoms with Gasteiger partial charge in [0.2, 0.25) is 0 Å². The maximum atomic E-state index is 12.9. The lowest BCUT2D eigenvalue weighted by molar-refractivity contribution is -0.113. The van der Waals surface area contributed by atoms with Crippen LogP contribution in [0.2, 0.25) is 0 Å². The molecular weight excluding hydrogens is 460 g/mol. The predicted octanol–water partition coefficient (Wildman–Crippen LogP) is 5.02. The minimum absolute atomic E-state index is 0.0977. The molecule has 0 N–H and O–H groups in total. The summed E-state index contributed by atoms with van der Waals surface area (Å²) in [4.78, 5) is 19.9. The van der Waals surface area contributed by atoms with Gasteiger partial charge in [0.05, 0.1) is 35.1 Å². The van der Waals surface area contributed by atoms with Crippen molar-refractivity contribution < 1.29 is 14.3 Å². The van der Waals surface area contributed by atoms with Crippen LogP contribution in [0.15, 0.2) is 70.7 Å². The zero-order valence-electron chi connectivity index (χ0n) is 20.0. The predicted molar refractivity (Wildman–Crippen MR) is 140 cm³/mol. The van der Waals surface area contributed by atoms with Gasteiger partial charge in [-0.15, -0.1) is 0 Å². The van der Waals surface area contributed by atoms with Gasteiger partial charge in [0, 0.05) is 30.4 Å². The van der Waals surface area contributed by atoms with Crippen LogP contribution in [0.25, 0.3) is 23.0 Å². The Labute approximate surface area is 209 Å². The highest BCUT2D eigenvalue weighted by molar-refractivity contribution is 8.18. The van der Waals surface area contributed by atoms with Crippen molar-refractivity contribution in [2.24, 2.45) is 4.99 Å². The Hall–Kier alpha value is -3.36. The van der Waals surface area contributed by atoms with Crippen LogP contribution in [0.3, 0.4) is 0 Å². The third-order valence-corrected chi connectivity index (χ3v) is 6.83. The molecule has 35 heavy (non-hydrogen) atoms. The largest absolute Gasteiger partial charge is 0.494 e. The fourth-order valence-corrected chi connectivity index (χ4v) is 5.24. The van der Waals surface area contributed by atoms with E-state index in [-0.39, 0.29) is 18.1 Å². The smallest absolute Gasteiger partial charge is 0.286 e. The molecule has 1 aromatic heterocycles. The van der Waals surface area contributed by atoms with Crippen LogP contribution < -0.4 is 4.74 Å². The van der Waals surface area contributed by atoms with Crippen LogP contribution in [0, 0.1) is 0 Å². The zero-order chi connectivity index (χ0) is 24.4. The maximum absolute atomic E-state index is 12.9. The van der Waals surface area contributed by atoms with E-state index in [0.29, 0.717) is 11.5 Å². The molecule has 2 aliphatic heterocycles. The summed E-state index contributed by atoms with van der Waals surface area (Å²) < 4.78 is 13.3. The molecule has 2 aliphatic rings. The van der Waals surface area contributed by atoms with Gasteiger partial charge in [0.15, 0.2) is 5.17 Å². The second kappa shape index (κ2) is 10.1. The molecule has 8 heteroatoms. The van der Waals surface area contributed by atoms with Crippen molar-refractivity contribution in [2.75, 3.05) is 19.7 Å². The first-order valence-electron chi connectivity index (χ1n) is 11.8. The highest BCUT2D eigenvalue weighted by Crippen LogP contribution is 2.34. The van der Waals surface area contributed by atoms with Gasteiger partial charge in [0.1, 0.15) is 5.75 Å². The summed E-state index contributed by atoms with van der Waals surface area (Å²) >= 11 is 1.42. The fourth-order valence-electron chi connectivity index (χ4n) is 4.31. The number of aromatic nitrogens is 2. The van der Waals surface area contributed by atoms with Gasteiger partial charge < -0.3 is 14.4 Å². The Morgan fingerprint density at radius 1 is 1.09 bits per heavy atom. The van der Waals surface area contributed by atoms with E-state index in [2.05, 4.69) is 9.89 Å². The number of hydrogen-bond acceptors (Lipinski definition) is 6. The first-order valence-corrected chi connectivity index (χ1v) is 12.6. The topological polar surface area (TPSA) is 68.9 Å². The highest BCUT2D eigenvalue weighted by atomic mass is 32.2. The van der Waals surface area contributed by atoms with Crippen molar-refractivity contribution >= 4 is 28.9 Å². The molecule has 0 aliphatic carbocycles. The van der Waals surface area contributed by atoms with Crippen LogP contribution in [0.5, 0.6) is 5.75 Å². The van der Waals surface area contributed by atoms with E-state index in [1.54, 1.807) is 0 Å². The van der Waals surface area contributed by atoms with Gasteiger partial charge in [-0.1, -0.05) is 18.2 Å². The number of carbonyl (C=O) groups excluding carboxylic acids is 1. The molecule has 2 aromatic carbocycles. The number of hydrogen-bond donors (Lipinski definition) is 0. The highest BCUT2D eigenvalue weighted by Gasteiger charge is 2.31. The normalized spacial score (nSPS) is 21.5. The molecule has 180 valence electrons. The third kappa shape index (κ3) is 5.18. The summed E-state index contributed by atoms with van der Waals surface area (Å²) in [5, 5.41) is 5.61. The molecule has 7 nitrogen and oxygen atoms in total. The zero-order valence-corrected chi connectivity index (χ0v) is 20.9. The number of nitrogens with zero attached hydrogens (tertiary/aromatic N) is 4. The van der Waals surface area contributed by atoms with Crippen LogP contribution >= 0.6 is 11.8 Å². The third-order valence-electron chi connectivity index (χ3n) is 5.79. The number of morpholine rings is 1. The Balaban J connectivity index is 1.48. The fraction of sp³-hybridized carbons (Fsp3) is 0.296. The van der Waals surface area contributed by atoms with Gasteiger partial charge in [-0.2, -0.15) is 10.1 Å². The lowest BCUT2D eigenvalue weighted by Crippen LogP contribution is -2.47. The van der Waals surface area contributed by atoms with Crippen molar-refractivity contribution in [2.45, 2.75) is 33.0 Å². The molecule has 0 bridgehead atoms. The van der Waals surface area contributed by atoms with Crippen molar-refractivity contribution in [3.63, 3.8) is 0 Å². The average molecular weight is 489 g/mol. The van der Waals surface area contributed by atoms with Gasteiger partial charge in [-0.25, -0.2) is 4.68 Å². The number of carbonyl (C=O) groups is 1. The molecule has 1 fully saturated rings. The summed E-state index contributed by atoms with van der Waals surface area (Å²) in [6.07, 6.45) is 4.05. The summed E-state index contributed by atoms with van der Waals surface area (Å²) in [7, 11) is 0. The molecule has 1 amide bonds. The molecule has 0 unspecified atom stereocenters. The second-order valence-electron chi connectivity index (χ2n) is 8.64. The molecule has 0 spiro atoms. The van der Waals surface area contributed by atoms with Crippen LogP contribution in [0.4, 0.5) is 0 Å². The molecule has 1 saturated heterocycles. The van der Waals surface area contributed by atoms with Gasteiger partial charge >= 0.3 is 0 Å². The molecule has 3 heterocycles. The minimum atomic E-state index is -0.220. The summed E-state index contributed by atoms with van der Waals surface area (Å²) in [5.41, 5.74) is 3.54. The summed E-state index contributed by atoms with van der Waals surface area (Å²) in [6, 6.07) is 17.8. The maximum Gasteiger partial charge on any atom is 0.286 e. The van der Waals surface area contributed by atoms with Crippen LogP contribution in [0.1, 0.15) is 26.3 Å². The lowest BCUT2D eigenvalue weighted by Gasteiger charge is -2.35. The van der Waals surface area contributed by atoms with Gasteiger partial charge in [0.25, 0.3) is 5.91 Å². The monoisotopic (exact) mass is 488 g/mol. The quantitative estimate of drug-likeness (QED) is 0.470. The first-order chi connectivity index (χ1) is 17.0. The number of para-hydroxylation sites is 1. The Kier molecular flexibility index (Phi) is 6.74. The molecule has 3 aromatic rings. The standard InChI is InChI=1S/C27H28N4O3S/c1-4-33-23-12-10-20(11-13-23)25-21(17-31(29-25)22-8-6-5-7-9-22)14-24-26(32)28-27(35-24)30-15-18(2)34-19(3)16-30/h5-14,17-19H,4,15-16H2,1-3H3/b24-14-/t18-,19-/m1/s1. The number of amides is 1. The number of amidine groups is 1. The lowest BCUT2D eigenvalue weighted by atomic mass is 10.1. The van der Waals surface area contributed by atoms with E-state index >= 15 is 0 Å². The summed E-state index contributed by atoms with van der Waals surface area (Å²) in [6.45, 7) is 8.11. The van der Waals surface area contributed by atoms with Gasteiger partial charge in [-0.3, -0.25) is 4.79 Å². The van der Waals surface area contributed by atoms with E-state index in [0.717, 1.165) is 46.5 Å². The van der Waals surface area contributed by atoms with E-state index in [4.69, 9.17) is 14.6 Å². The molecular formula is C27H28N4O3S. The Morgan fingerprint density at radius 3 is 2.49 bits per heavy atom. The number of aliphatic imine (C=N–C) groups is 1. The molecule has 0 saturated carbocycles. The Bertz CT molecular complexity index is 1260. The SMILES string of the molecule is CCOc1ccc(-c2nn(-c3ccccc3)cc2/C=C2\SC(N3C[C@@H](C)O[C@H](C)C3)=NC2=O)cc1. The van der Waals surface area contributed by atoms with Crippen LogP contribution in [-0.4, -0.2) is 57.7 Å². The average Bonchev–Trinajstić information content (AvgIpc) is 3.44. The van der Waals surface area contributed by atoms with E-state index < -0.39 is 0 Å². The van der Waals surface area contributed by atoms with E-state index in [1.807, 2.05) is 92.3 Å². The number of benzene rings is 2. The van der Waals surface area contributed by atoms with Crippen molar-refractivity contribution in [3.8, 4) is 22.7 Å². The first kappa shape index (κ1) is 23.4. The summed E-state index contributed by atoms with van der Waals surface area (Å²) in [5.74, 6) is 0.592. The second-order valence-corrected chi connectivity index (χ2v) is 9.65. The van der Waals surface area contributed by atoms with Crippen LogP contribution in [-0.2, 0) is 9.53 Å². The number of ether oxygens (including phenoxy) is 2. The van der Waals surface area contributed by atoms with E-state index in [9.17, 15) is 4.79 Å².